The summed E-state index contributed by atoms with van der Waals surface area (Å²) in [4.78, 5) is 9.87. The molecule has 1 aliphatic heterocycles. The summed E-state index contributed by atoms with van der Waals surface area (Å²) < 4.78 is 2.38. The standard InChI is InChI=1S/C52H48N4/c1-50(2,3)34-24-26-46-48(30-34)54(7)33-55(46)38-16-14-15-36(29-38)52(43-20-11-8-17-39(43)40-18-9-12-21-44(40)52)37-23-25-42-41-19-10-13-22-45(41)56(47(42)31-37)49-32-35(27-28-53-49)51(4,5)6/h8-32H,33H2,1-7H3. The SMILES string of the molecule is CN1CN(c2cccc(C3(c4ccc5c6ccccc6n(-c6cc(C(C)(C)C)ccn6)c5c4)c4ccccc4-c4ccccc43)c2)c2ccc(C(C)(C)C)cc21. The van der Waals surface area contributed by atoms with Gasteiger partial charge in [0.25, 0.3) is 0 Å². The third-order valence-electron chi connectivity index (χ3n) is 12.4. The van der Waals surface area contributed by atoms with Crippen LogP contribution in [0.5, 0.6) is 0 Å². The van der Waals surface area contributed by atoms with Gasteiger partial charge < -0.3 is 9.80 Å². The summed E-state index contributed by atoms with van der Waals surface area (Å²) in [5.41, 5.74) is 15.8. The minimum Gasteiger partial charge on any atom is -0.355 e. The van der Waals surface area contributed by atoms with Crippen LogP contribution in [0, 0.1) is 0 Å². The van der Waals surface area contributed by atoms with Crippen LogP contribution in [0.1, 0.15) is 74.9 Å². The predicted octanol–water partition coefficient (Wildman–Crippen LogP) is 12.7. The Morgan fingerprint density at radius 3 is 1.91 bits per heavy atom. The van der Waals surface area contributed by atoms with E-state index in [-0.39, 0.29) is 10.8 Å². The molecule has 10 rings (SSSR count). The second-order valence-electron chi connectivity index (χ2n) is 17.8. The number of anilines is 3. The number of aromatic nitrogens is 2. The lowest BCUT2D eigenvalue weighted by Gasteiger charge is -2.35. The monoisotopic (exact) mass is 728 g/mol. The number of para-hydroxylation sites is 1. The summed E-state index contributed by atoms with van der Waals surface area (Å²) in [7, 11) is 2.21. The second kappa shape index (κ2) is 12.2. The Morgan fingerprint density at radius 1 is 0.536 bits per heavy atom. The van der Waals surface area contributed by atoms with Crippen LogP contribution in [-0.2, 0) is 16.2 Å². The van der Waals surface area contributed by atoms with Gasteiger partial charge in [-0.3, -0.25) is 4.57 Å². The van der Waals surface area contributed by atoms with Gasteiger partial charge >= 0.3 is 0 Å². The maximum absolute atomic E-state index is 5.02. The molecule has 276 valence electrons. The molecule has 0 unspecified atom stereocenters. The molecule has 6 aromatic carbocycles. The van der Waals surface area contributed by atoms with Gasteiger partial charge in [0, 0.05) is 29.7 Å². The number of hydrogen-bond acceptors (Lipinski definition) is 3. The lowest BCUT2D eigenvalue weighted by molar-refractivity contribution is 0.588. The third-order valence-corrected chi connectivity index (χ3v) is 12.4. The first-order valence-corrected chi connectivity index (χ1v) is 19.9. The van der Waals surface area contributed by atoms with Crippen molar-refractivity contribution in [1.82, 2.24) is 9.55 Å². The molecule has 4 heteroatoms. The Morgan fingerprint density at radius 2 is 1.18 bits per heavy atom. The lowest BCUT2D eigenvalue weighted by Crippen LogP contribution is -2.29. The van der Waals surface area contributed by atoms with E-state index >= 15 is 0 Å². The van der Waals surface area contributed by atoms with Gasteiger partial charge in [0.05, 0.1) is 34.5 Å². The highest BCUT2D eigenvalue weighted by atomic mass is 15.4. The predicted molar refractivity (Wildman–Crippen MR) is 235 cm³/mol. The van der Waals surface area contributed by atoms with E-state index in [9.17, 15) is 0 Å². The molecule has 2 aromatic heterocycles. The van der Waals surface area contributed by atoms with Crippen LogP contribution >= 0.6 is 0 Å². The molecule has 0 bridgehead atoms. The van der Waals surface area contributed by atoms with Crippen LogP contribution in [0.3, 0.4) is 0 Å². The van der Waals surface area contributed by atoms with Crippen LogP contribution in [0.2, 0.25) is 0 Å². The molecule has 0 spiro atoms. The zero-order valence-corrected chi connectivity index (χ0v) is 33.4. The quantitative estimate of drug-likeness (QED) is 0.180. The fourth-order valence-electron chi connectivity index (χ4n) is 9.50. The van der Waals surface area contributed by atoms with Gasteiger partial charge in [0.15, 0.2) is 0 Å². The van der Waals surface area contributed by atoms with Crippen molar-refractivity contribution in [1.29, 1.82) is 0 Å². The number of nitrogens with zero attached hydrogens (tertiary/aromatic N) is 4. The average molecular weight is 729 g/mol. The number of rotatable bonds is 4. The largest absolute Gasteiger partial charge is 0.355 e. The van der Waals surface area contributed by atoms with E-state index < -0.39 is 5.41 Å². The van der Waals surface area contributed by atoms with Gasteiger partial charge in [0.2, 0.25) is 0 Å². The molecular formula is C52H48N4. The van der Waals surface area contributed by atoms with E-state index in [0.717, 1.165) is 23.5 Å². The average Bonchev–Trinajstić information content (AvgIpc) is 3.82. The maximum Gasteiger partial charge on any atom is 0.137 e. The van der Waals surface area contributed by atoms with E-state index in [4.69, 9.17) is 4.98 Å². The maximum atomic E-state index is 5.02. The molecule has 0 radical (unpaired) electrons. The fraction of sp³-hybridized carbons (Fsp3) is 0.212. The van der Waals surface area contributed by atoms with Gasteiger partial charge in [0.1, 0.15) is 5.82 Å². The molecule has 2 aliphatic rings. The zero-order chi connectivity index (χ0) is 38.6. The normalized spacial score (nSPS) is 14.7. The highest BCUT2D eigenvalue weighted by molar-refractivity contribution is 6.09. The highest BCUT2D eigenvalue weighted by Gasteiger charge is 2.46. The topological polar surface area (TPSA) is 24.3 Å². The van der Waals surface area contributed by atoms with Crippen molar-refractivity contribution in [2.45, 2.75) is 57.8 Å². The molecule has 8 aromatic rings. The minimum absolute atomic E-state index is 0.00645. The van der Waals surface area contributed by atoms with Crippen molar-refractivity contribution in [3.8, 4) is 16.9 Å². The molecule has 0 amide bonds. The van der Waals surface area contributed by atoms with Gasteiger partial charge in [-0.1, -0.05) is 139 Å². The highest BCUT2D eigenvalue weighted by Crippen LogP contribution is 2.57. The first-order valence-electron chi connectivity index (χ1n) is 19.9. The Balaban J connectivity index is 1.24. The molecule has 56 heavy (non-hydrogen) atoms. The van der Waals surface area contributed by atoms with Gasteiger partial charge in [-0.15, -0.1) is 0 Å². The summed E-state index contributed by atoms with van der Waals surface area (Å²) in [6, 6.07) is 54.8. The smallest absolute Gasteiger partial charge is 0.137 e. The van der Waals surface area contributed by atoms with Gasteiger partial charge in [-0.05, 0) is 104 Å². The first kappa shape index (κ1) is 34.4. The van der Waals surface area contributed by atoms with Crippen LogP contribution < -0.4 is 9.80 Å². The summed E-state index contributed by atoms with van der Waals surface area (Å²) in [6.07, 6.45) is 1.97. The lowest BCUT2D eigenvalue weighted by atomic mass is 9.67. The van der Waals surface area contributed by atoms with E-state index in [1.54, 1.807) is 0 Å². The van der Waals surface area contributed by atoms with Crippen molar-refractivity contribution in [2.75, 3.05) is 23.5 Å². The molecule has 1 aliphatic carbocycles. The molecule has 0 atom stereocenters. The Kier molecular flexibility index (Phi) is 7.48. The van der Waals surface area contributed by atoms with Crippen LogP contribution in [0.15, 0.2) is 152 Å². The van der Waals surface area contributed by atoms with E-state index in [1.807, 2.05) is 6.20 Å². The fourth-order valence-corrected chi connectivity index (χ4v) is 9.50. The second-order valence-corrected chi connectivity index (χ2v) is 17.8. The van der Waals surface area contributed by atoms with E-state index in [1.165, 1.54) is 72.3 Å². The number of benzene rings is 6. The van der Waals surface area contributed by atoms with Gasteiger partial charge in [-0.2, -0.15) is 0 Å². The minimum atomic E-state index is -0.566. The zero-order valence-electron chi connectivity index (χ0n) is 33.4. The van der Waals surface area contributed by atoms with Crippen molar-refractivity contribution >= 4 is 38.9 Å². The van der Waals surface area contributed by atoms with Crippen molar-refractivity contribution in [2.24, 2.45) is 0 Å². The van der Waals surface area contributed by atoms with Gasteiger partial charge in [-0.25, -0.2) is 4.98 Å². The van der Waals surface area contributed by atoms with Crippen molar-refractivity contribution in [3.63, 3.8) is 0 Å². The molecule has 4 nitrogen and oxygen atoms in total. The van der Waals surface area contributed by atoms with Crippen LogP contribution in [0.25, 0.3) is 38.8 Å². The number of hydrogen-bond donors (Lipinski definition) is 0. The van der Waals surface area contributed by atoms with Crippen molar-refractivity contribution in [3.05, 3.63) is 185 Å². The number of pyridine rings is 1. The molecule has 0 N–H and O–H groups in total. The molecule has 3 heterocycles. The Hall–Kier alpha value is -6.13. The summed E-state index contributed by atoms with van der Waals surface area (Å²) in [6.45, 7) is 14.5. The van der Waals surface area contributed by atoms with Crippen molar-refractivity contribution < 1.29 is 0 Å². The Labute approximate surface area is 330 Å². The molecule has 0 saturated heterocycles. The summed E-state index contributed by atoms with van der Waals surface area (Å²) in [5.74, 6) is 0.940. The molecule has 0 fully saturated rings. The third kappa shape index (κ3) is 5.01. The van der Waals surface area contributed by atoms with E-state index in [0.29, 0.717) is 0 Å². The van der Waals surface area contributed by atoms with E-state index in [2.05, 4.69) is 209 Å². The molecule has 0 saturated carbocycles. The molecular weight excluding hydrogens is 681 g/mol. The summed E-state index contributed by atoms with van der Waals surface area (Å²) in [5, 5.41) is 2.45. The number of fused-ring (bicyclic) bond motifs is 7. The first-order chi connectivity index (χ1) is 26.9. The summed E-state index contributed by atoms with van der Waals surface area (Å²) >= 11 is 0. The van der Waals surface area contributed by atoms with Crippen LogP contribution in [-0.4, -0.2) is 23.3 Å². The van der Waals surface area contributed by atoms with Crippen LogP contribution in [0.4, 0.5) is 17.1 Å². The Bertz CT molecular complexity index is 2800.